The van der Waals surface area contributed by atoms with Crippen LogP contribution in [0.15, 0.2) is 22.8 Å². The number of nitrogens with one attached hydrogen (secondary N) is 1. The molecule has 84 valence electrons. The summed E-state index contributed by atoms with van der Waals surface area (Å²) in [6.45, 7) is 0. The maximum atomic E-state index is 11.7. The molecule has 0 fully saturated rings. The van der Waals surface area contributed by atoms with Gasteiger partial charge in [-0.15, -0.1) is 0 Å². The van der Waals surface area contributed by atoms with Gasteiger partial charge < -0.3 is 5.32 Å². The molecule has 0 aromatic rings. The molecule has 0 saturated carbocycles. The van der Waals surface area contributed by atoms with Crippen LogP contribution in [-0.2, 0) is 14.4 Å². The Kier molecular flexibility index (Phi) is 2.73. The summed E-state index contributed by atoms with van der Waals surface area (Å²) in [5.41, 5.74) is 1.59. The quantitative estimate of drug-likeness (QED) is 0.660. The van der Waals surface area contributed by atoms with E-state index < -0.39 is 5.91 Å². The van der Waals surface area contributed by atoms with Crippen molar-refractivity contribution in [3.05, 3.63) is 22.8 Å². The lowest BCUT2D eigenvalue weighted by Crippen LogP contribution is -2.28. The van der Waals surface area contributed by atoms with Gasteiger partial charge in [-0.05, 0) is 18.9 Å². The maximum Gasteiger partial charge on any atom is 0.254 e. The van der Waals surface area contributed by atoms with Gasteiger partial charge in [-0.25, -0.2) is 0 Å². The zero-order valence-corrected chi connectivity index (χ0v) is 9.13. The van der Waals surface area contributed by atoms with E-state index in [0.29, 0.717) is 12.0 Å². The fourth-order valence-electron chi connectivity index (χ4n) is 2.14. The second-order valence-electron chi connectivity index (χ2n) is 4.03. The van der Waals surface area contributed by atoms with E-state index in [9.17, 15) is 14.4 Å². The Labute approximate surface area is 93.4 Å². The first-order valence-corrected chi connectivity index (χ1v) is 5.35. The standard InChI is InChI=1S/C12H13NO3/c1-13-12(16)9-6-8-7(5-11(9)15)3-2-4-10(8)14/h6H,2-5H2,1H3,(H,13,16). The zero-order chi connectivity index (χ0) is 11.7. The van der Waals surface area contributed by atoms with Gasteiger partial charge in [0.2, 0.25) is 0 Å². The molecule has 4 heteroatoms. The number of hydrogen-bond donors (Lipinski definition) is 1. The van der Waals surface area contributed by atoms with Gasteiger partial charge in [0.15, 0.2) is 11.6 Å². The van der Waals surface area contributed by atoms with Gasteiger partial charge in [-0.3, -0.25) is 14.4 Å². The van der Waals surface area contributed by atoms with Gasteiger partial charge in [-0.2, -0.15) is 0 Å². The van der Waals surface area contributed by atoms with E-state index in [1.165, 1.54) is 13.1 Å². The Balaban J connectivity index is 2.41. The highest BCUT2D eigenvalue weighted by atomic mass is 16.2. The molecule has 0 atom stereocenters. The molecular weight excluding hydrogens is 206 g/mol. The molecule has 16 heavy (non-hydrogen) atoms. The van der Waals surface area contributed by atoms with E-state index in [1.807, 2.05) is 0 Å². The van der Waals surface area contributed by atoms with E-state index in [0.717, 1.165) is 18.4 Å². The van der Waals surface area contributed by atoms with Crippen LogP contribution in [0.5, 0.6) is 0 Å². The lowest BCUT2D eigenvalue weighted by atomic mass is 9.82. The number of Topliss-reactive ketones (excluding diaryl/α,β-unsaturated/α-hetero) is 2. The number of ketones is 2. The first-order valence-electron chi connectivity index (χ1n) is 5.35. The highest BCUT2D eigenvalue weighted by Gasteiger charge is 2.29. The molecule has 0 radical (unpaired) electrons. The third-order valence-corrected chi connectivity index (χ3v) is 3.00. The number of carbonyl (C=O) groups is 3. The Hall–Kier alpha value is -1.71. The topological polar surface area (TPSA) is 63.2 Å². The van der Waals surface area contributed by atoms with Crippen LogP contribution in [0.4, 0.5) is 0 Å². The molecule has 2 aliphatic rings. The van der Waals surface area contributed by atoms with Crippen molar-refractivity contribution in [2.24, 2.45) is 0 Å². The van der Waals surface area contributed by atoms with Crippen molar-refractivity contribution in [3.8, 4) is 0 Å². The Morgan fingerprint density at radius 2 is 2.00 bits per heavy atom. The number of rotatable bonds is 1. The normalized spacial score (nSPS) is 20.4. The van der Waals surface area contributed by atoms with E-state index in [1.54, 1.807) is 0 Å². The van der Waals surface area contributed by atoms with Crippen LogP contribution < -0.4 is 5.32 Å². The molecule has 0 saturated heterocycles. The summed E-state index contributed by atoms with van der Waals surface area (Å²) in [7, 11) is 1.48. The van der Waals surface area contributed by atoms with Gasteiger partial charge >= 0.3 is 0 Å². The van der Waals surface area contributed by atoms with E-state index in [2.05, 4.69) is 5.32 Å². The molecule has 0 spiro atoms. The summed E-state index contributed by atoms with van der Waals surface area (Å²) in [4.78, 5) is 34.8. The van der Waals surface area contributed by atoms with Gasteiger partial charge in [0.1, 0.15) is 0 Å². The largest absolute Gasteiger partial charge is 0.355 e. The minimum atomic E-state index is -0.407. The van der Waals surface area contributed by atoms with E-state index >= 15 is 0 Å². The number of allylic oxidation sites excluding steroid dienone is 3. The molecule has 0 aromatic carbocycles. The van der Waals surface area contributed by atoms with Crippen molar-refractivity contribution in [2.75, 3.05) is 7.05 Å². The Morgan fingerprint density at radius 1 is 1.25 bits per heavy atom. The second-order valence-corrected chi connectivity index (χ2v) is 4.03. The predicted octanol–water partition coefficient (Wildman–Crippen LogP) is 0.681. The molecule has 0 unspecified atom stereocenters. The number of amides is 1. The van der Waals surface area contributed by atoms with Crippen LogP contribution in [-0.4, -0.2) is 24.5 Å². The molecule has 0 aliphatic heterocycles. The summed E-state index contributed by atoms with van der Waals surface area (Å²) < 4.78 is 0. The maximum absolute atomic E-state index is 11.7. The summed E-state index contributed by atoms with van der Waals surface area (Å²) >= 11 is 0. The van der Waals surface area contributed by atoms with Crippen molar-refractivity contribution in [2.45, 2.75) is 25.7 Å². The molecule has 2 aliphatic carbocycles. The molecule has 0 heterocycles. The lowest BCUT2D eigenvalue weighted by Gasteiger charge is -2.21. The molecule has 2 rings (SSSR count). The van der Waals surface area contributed by atoms with Crippen molar-refractivity contribution in [3.63, 3.8) is 0 Å². The fourth-order valence-corrected chi connectivity index (χ4v) is 2.14. The van der Waals surface area contributed by atoms with Crippen LogP contribution in [0.1, 0.15) is 25.7 Å². The van der Waals surface area contributed by atoms with Crippen LogP contribution >= 0.6 is 0 Å². The first kappa shape index (κ1) is 10.8. The Morgan fingerprint density at radius 3 is 2.69 bits per heavy atom. The van der Waals surface area contributed by atoms with Crippen molar-refractivity contribution < 1.29 is 14.4 Å². The lowest BCUT2D eigenvalue weighted by molar-refractivity contribution is -0.122. The highest BCUT2D eigenvalue weighted by Crippen LogP contribution is 2.30. The summed E-state index contributed by atoms with van der Waals surface area (Å²) in [6.07, 6.45) is 3.81. The van der Waals surface area contributed by atoms with Crippen LogP contribution in [0.3, 0.4) is 0 Å². The van der Waals surface area contributed by atoms with Crippen LogP contribution in [0.2, 0.25) is 0 Å². The number of likely N-dealkylation sites (N-methyl/N-ethyl adjacent to an activating group) is 1. The summed E-state index contributed by atoms with van der Waals surface area (Å²) in [5.74, 6) is -0.544. The third kappa shape index (κ3) is 1.71. The van der Waals surface area contributed by atoms with Gasteiger partial charge in [0.25, 0.3) is 5.91 Å². The molecule has 4 nitrogen and oxygen atoms in total. The first-order chi connectivity index (χ1) is 7.63. The number of hydrogen-bond acceptors (Lipinski definition) is 3. The average molecular weight is 219 g/mol. The second kappa shape index (κ2) is 4.04. The van der Waals surface area contributed by atoms with Crippen molar-refractivity contribution >= 4 is 17.5 Å². The molecule has 0 aromatic heterocycles. The molecule has 0 bridgehead atoms. The highest BCUT2D eigenvalue weighted by molar-refractivity contribution is 6.22. The molecular formula is C12H13NO3. The SMILES string of the molecule is CNC(=O)C1=CC2=C(CCCC2=O)CC1=O. The zero-order valence-electron chi connectivity index (χ0n) is 9.13. The van der Waals surface area contributed by atoms with Gasteiger partial charge in [0, 0.05) is 25.5 Å². The Bertz CT molecular complexity index is 443. The van der Waals surface area contributed by atoms with Crippen molar-refractivity contribution in [1.82, 2.24) is 5.32 Å². The van der Waals surface area contributed by atoms with Crippen LogP contribution in [0.25, 0.3) is 0 Å². The molecule has 1 N–H and O–H groups in total. The fraction of sp³-hybridized carbons (Fsp3) is 0.417. The van der Waals surface area contributed by atoms with Gasteiger partial charge in [0.05, 0.1) is 5.57 Å². The van der Waals surface area contributed by atoms with E-state index in [-0.39, 0.29) is 23.6 Å². The van der Waals surface area contributed by atoms with Crippen LogP contribution in [0, 0.1) is 0 Å². The smallest absolute Gasteiger partial charge is 0.254 e. The monoisotopic (exact) mass is 219 g/mol. The molecule has 1 amide bonds. The average Bonchev–Trinajstić information content (AvgIpc) is 2.28. The minimum absolute atomic E-state index is 0.0511. The van der Waals surface area contributed by atoms with Gasteiger partial charge in [-0.1, -0.05) is 5.57 Å². The number of carbonyl (C=O) groups excluding carboxylic acids is 3. The third-order valence-electron chi connectivity index (χ3n) is 3.00. The summed E-state index contributed by atoms with van der Waals surface area (Å²) in [5, 5.41) is 2.41. The minimum Gasteiger partial charge on any atom is -0.355 e. The van der Waals surface area contributed by atoms with E-state index in [4.69, 9.17) is 0 Å². The predicted molar refractivity (Wildman–Crippen MR) is 57.7 cm³/mol. The van der Waals surface area contributed by atoms with Crippen molar-refractivity contribution in [1.29, 1.82) is 0 Å². The summed E-state index contributed by atoms with van der Waals surface area (Å²) in [6, 6.07) is 0.